The first-order valence-electron chi connectivity index (χ1n) is 6.11. The number of anilines is 2. The summed E-state index contributed by atoms with van der Waals surface area (Å²) in [6.45, 7) is 2.78. The van der Waals surface area contributed by atoms with E-state index in [9.17, 15) is 0 Å². The zero-order valence-electron chi connectivity index (χ0n) is 10.2. The smallest absolute Gasteiger partial charge is 0.224 e. The summed E-state index contributed by atoms with van der Waals surface area (Å²) in [6.07, 6.45) is 3.94. The lowest BCUT2D eigenvalue weighted by Gasteiger charge is -2.35. The van der Waals surface area contributed by atoms with Gasteiger partial charge in [-0.1, -0.05) is 0 Å². The van der Waals surface area contributed by atoms with Crippen LogP contribution in [0.25, 0.3) is 11.2 Å². The van der Waals surface area contributed by atoms with E-state index >= 15 is 0 Å². The van der Waals surface area contributed by atoms with Crippen molar-refractivity contribution in [3.63, 3.8) is 0 Å². The topological polar surface area (TPSA) is 102 Å². The number of aromatic nitrogens is 4. The summed E-state index contributed by atoms with van der Waals surface area (Å²) in [6, 6.07) is 0.377. The summed E-state index contributed by atoms with van der Waals surface area (Å²) < 4.78 is 5.52. The molecule has 0 amide bonds. The van der Waals surface area contributed by atoms with Crippen LogP contribution in [-0.2, 0) is 4.74 Å². The first-order valence-corrected chi connectivity index (χ1v) is 6.11. The van der Waals surface area contributed by atoms with Crippen molar-refractivity contribution < 1.29 is 4.74 Å². The third-order valence-corrected chi connectivity index (χ3v) is 3.14. The van der Waals surface area contributed by atoms with Crippen molar-refractivity contribution in [3.8, 4) is 0 Å². The number of fused-ring (bicyclic) bond motifs is 1. The highest BCUT2D eigenvalue weighted by molar-refractivity contribution is 5.83. The summed E-state index contributed by atoms with van der Waals surface area (Å²) in [5.74, 6) is 0.952. The van der Waals surface area contributed by atoms with Crippen LogP contribution >= 0.6 is 0 Å². The van der Waals surface area contributed by atoms with Crippen molar-refractivity contribution >= 4 is 22.9 Å². The third kappa shape index (κ3) is 1.97. The number of hydrogen-bond acceptors (Lipinski definition) is 6. The van der Waals surface area contributed by atoms with Gasteiger partial charge in [-0.25, -0.2) is 4.98 Å². The molecule has 3 rings (SSSR count). The second-order valence-corrected chi connectivity index (χ2v) is 4.42. The van der Waals surface area contributed by atoms with Crippen LogP contribution in [0.2, 0.25) is 0 Å². The van der Waals surface area contributed by atoms with Gasteiger partial charge in [-0.15, -0.1) is 0 Å². The minimum atomic E-state index is 0.234. The van der Waals surface area contributed by atoms with Crippen molar-refractivity contribution in [2.24, 2.45) is 0 Å². The molecule has 18 heavy (non-hydrogen) atoms. The lowest BCUT2D eigenvalue weighted by Crippen LogP contribution is -2.41. The Morgan fingerprint density at radius 1 is 1.50 bits per heavy atom. The predicted octanol–water partition coefficient (Wildman–Crippen LogP) is 0.914. The van der Waals surface area contributed by atoms with E-state index in [-0.39, 0.29) is 5.95 Å². The Bertz CT molecular complexity index is 547. The van der Waals surface area contributed by atoms with E-state index in [1.165, 1.54) is 0 Å². The van der Waals surface area contributed by atoms with E-state index in [2.05, 4.69) is 25.3 Å². The highest BCUT2D eigenvalue weighted by Crippen LogP contribution is 2.28. The summed E-state index contributed by atoms with van der Waals surface area (Å²) in [5.41, 5.74) is 7.04. The molecule has 7 heteroatoms. The lowest BCUT2D eigenvalue weighted by molar-refractivity contribution is 0.00295. The van der Waals surface area contributed by atoms with E-state index in [0.717, 1.165) is 30.8 Å². The molecule has 0 atom stereocenters. The van der Waals surface area contributed by atoms with Gasteiger partial charge in [0.25, 0.3) is 0 Å². The van der Waals surface area contributed by atoms with Crippen LogP contribution in [0.5, 0.6) is 0 Å². The van der Waals surface area contributed by atoms with Crippen LogP contribution in [0, 0.1) is 0 Å². The fourth-order valence-corrected chi connectivity index (χ4v) is 2.20. The van der Waals surface area contributed by atoms with Gasteiger partial charge < -0.3 is 20.8 Å². The maximum Gasteiger partial charge on any atom is 0.224 e. The number of nitrogens with two attached hydrogens (primary N) is 1. The Morgan fingerprint density at radius 2 is 2.33 bits per heavy atom. The lowest BCUT2D eigenvalue weighted by atomic mass is 9.89. The maximum absolute atomic E-state index is 5.65. The second-order valence-electron chi connectivity index (χ2n) is 4.42. The van der Waals surface area contributed by atoms with Crippen molar-refractivity contribution in [2.45, 2.75) is 31.9 Å². The van der Waals surface area contributed by atoms with Crippen molar-refractivity contribution in [1.29, 1.82) is 0 Å². The van der Waals surface area contributed by atoms with E-state index in [4.69, 9.17) is 10.5 Å². The maximum atomic E-state index is 5.65. The molecule has 0 aliphatic heterocycles. The molecular weight excluding hydrogens is 232 g/mol. The number of imidazole rings is 1. The highest BCUT2D eigenvalue weighted by atomic mass is 16.5. The molecule has 0 radical (unpaired) electrons. The summed E-state index contributed by atoms with van der Waals surface area (Å²) in [4.78, 5) is 15.4. The minimum Gasteiger partial charge on any atom is -0.378 e. The Hall–Kier alpha value is -1.89. The van der Waals surface area contributed by atoms with Gasteiger partial charge in [-0.2, -0.15) is 9.97 Å². The normalized spacial score (nSPS) is 22.9. The molecule has 2 heterocycles. The molecule has 0 bridgehead atoms. The van der Waals surface area contributed by atoms with E-state index in [1.54, 1.807) is 6.33 Å². The second kappa shape index (κ2) is 4.41. The van der Waals surface area contributed by atoms with Gasteiger partial charge in [0.15, 0.2) is 11.5 Å². The van der Waals surface area contributed by atoms with Crippen LogP contribution in [0.1, 0.15) is 19.8 Å². The van der Waals surface area contributed by atoms with E-state index < -0.39 is 0 Å². The van der Waals surface area contributed by atoms with Gasteiger partial charge in [0.2, 0.25) is 5.95 Å². The molecule has 1 aliphatic carbocycles. The predicted molar refractivity (Wildman–Crippen MR) is 68.2 cm³/mol. The Morgan fingerprint density at radius 3 is 3.11 bits per heavy atom. The fraction of sp³-hybridized carbons (Fsp3) is 0.545. The van der Waals surface area contributed by atoms with Gasteiger partial charge in [0.05, 0.1) is 12.4 Å². The number of nitrogen functional groups attached to an aromatic ring is 1. The standard InChI is InChI=1S/C11H16N6O/c1-2-18-7-3-6(4-7)15-10-8-9(14-5-13-8)16-11(12)17-10/h5-7H,2-4H2,1H3,(H4,12,13,14,15,16,17). The van der Waals surface area contributed by atoms with Gasteiger partial charge in [-0.05, 0) is 19.8 Å². The molecule has 0 unspecified atom stereocenters. The molecule has 1 saturated carbocycles. The Balaban J connectivity index is 1.73. The van der Waals surface area contributed by atoms with E-state index in [1.807, 2.05) is 6.92 Å². The molecular formula is C11H16N6O. The molecule has 1 fully saturated rings. The average Bonchev–Trinajstić information content (AvgIpc) is 2.74. The first-order chi connectivity index (χ1) is 8.76. The van der Waals surface area contributed by atoms with E-state index in [0.29, 0.717) is 17.8 Å². The fourth-order valence-electron chi connectivity index (χ4n) is 2.20. The van der Waals surface area contributed by atoms with Gasteiger partial charge in [0.1, 0.15) is 5.52 Å². The number of nitrogens with zero attached hydrogens (tertiary/aromatic N) is 3. The molecule has 0 aromatic carbocycles. The molecule has 4 N–H and O–H groups in total. The molecule has 2 aromatic heterocycles. The van der Waals surface area contributed by atoms with Gasteiger partial charge >= 0.3 is 0 Å². The molecule has 7 nitrogen and oxygen atoms in total. The van der Waals surface area contributed by atoms with Crippen LogP contribution < -0.4 is 11.1 Å². The zero-order chi connectivity index (χ0) is 12.5. The number of rotatable bonds is 4. The monoisotopic (exact) mass is 248 g/mol. The summed E-state index contributed by atoms with van der Waals surface area (Å²) in [7, 11) is 0. The summed E-state index contributed by atoms with van der Waals surface area (Å²) >= 11 is 0. The summed E-state index contributed by atoms with van der Waals surface area (Å²) in [5, 5.41) is 3.35. The molecule has 2 aromatic rings. The Labute approximate surface area is 104 Å². The van der Waals surface area contributed by atoms with Gasteiger partial charge in [-0.3, -0.25) is 0 Å². The Kier molecular flexibility index (Phi) is 2.75. The van der Waals surface area contributed by atoms with Crippen molar-refractivity contribution in [3.05, 3.63) is 6.33 Å². The third-order valence-electron chi connectivity index (χ3n) is 3.14. The SMILES string of the molecule is CCOC1CC(Nc2nc(N)nc3nc[nH]c23)C1. The number of hydrogen-bond donors (Lipinski definition) is 3. The largest absolute Gasteiger partial charge is 0.378 e. The van der Waals surface area contributed by atoms with Crippen molar-refractivity contribution in [2.75, 3.05) is 17.7 Å². The quantitative estimate of drug-likeness (QED) is 0.743. The van der Waals surface area contributed by atoms with Gasteiger partial charge in [0, 0.05) is 12.6 Å². The van der Waals surface area contributed by atoms with Crippen molar-refractivity contribution in [1.82, 2.24) is 19.9 Å². The molecule has 0 saturated heterocycles. The average molecular weight is 248 g/mol. The number of ether oxygens (including phenoxy) is 1. The van der Waals surface area contributed by atoms with Crippen LogP contribution in [0.4, 0.5) is 11.8 Å². The number of aromatic amines is 1. The number of nitrogens with one attached hydrogen (secondary N) is 2. The molecule has 1 aliphatic rings. The van der Waals surface area contributed by atoms with Crippen LogP contribution in [-0.4, -0.2) is 38.7 Å². The van der Waals surface area contributed by atoms with Crippen LogP contribution in [0.3, 0.4) is 0 Å². The minimum absolute atomic E-state index is 0.234. The molecule has 96 valence electrons. The highest BCUT2D eigenvalue weighted by Gasteiger charge is 2.30. The molecule has 0 spiro atoms. The van der Waals surface area contributed by atoms with Crippen LogP contribution in [0.15, 0.2) is 6.33 Å². The first kappa shape index (κ1) is 11.2. The number of H-pyrrole nitrogens is 1. The zero-order valence-corrected chi connectivity index (χ0v) is 10.2.